The van der Waals surface area contributed by atoms with Crippen LogP contribution in [0.3, 0.4) is 0 Å². The fourth-order valence-corrected chi connectivity index (χ4v) is 1.84. The Morgan fingerprint density at radius 2 is 2.41 bits per heavy atom. The van der Waals surface area contributed by atoms with E-state index in [-0.39, 0.29) is 17.9 Å². The number of rotatable bonds is 3. The van der Waals surface area contributed by atoms with Crippen LogP contribution in [-0.2, 0) is 6.54 Å². The minimum absolute atomic E-state index is 0.197. The third-order valence-electron chi connectivity index (χ3n) is 2.74. The largest absolute Gasteiger partial charge is 0.334 e. The molecule has 3 N–H and O–H groups in total. The Hall–Kier alpha value is -1.62. The number of nitrogens with one attached hydrogen (secondary N) is 3. The van der Waals surface area contributed by atoms with Crippen LogP contribution in [0.1, 0.15) is 12.0 Å². The molecule has 1 aliphatic rings. The Kier molecular flexibility index (Phi) is 3.93. The highest BCUT2D eigenvalue weighted by atomic mass is 19.1. The number of carbonyl (C=O) groups is 1. The molecule has 1 aromatic rings. The fourth-order valence-electron chi connectivity index (χ4n) is 1.84. The van der Waals surface area contributed by atoms with Gasteiger partial charge in [0.05, 0.1) is 0 Å². The molecule has 0 aromatic heterocycles. The first-order valence-corrected chi connectivity index (χ1v) is 5.73. The van der Waals surface area contributed by atoms with Crippen molar-refractivity contribution in [2.45, 2.75) is 19.0 Å². The van der Waals surface area contributed by atoms with Gasteiger partial charge in [0.2, 0.25) is 0 Å². The number of benzene rings is 1. The van der Waals surface area contributed by atoms with E-state index in [1.165, 1.54) is 12.1 Å². The molecule has 92 valence electrons. The molecule has 0 spiro atoms. The first-order valence-electron chi connectivity index (χ1n) is 5.73. The summed E-state index contributed by atoms with van der Waals surface area (Å²) < 4.78 is 12.9. The van der Waals surface area contributed by atoms with Crippen molar-refractivity contribution >= 4 is 6.03 Å². The summed E-state index contributed by atoms with van der Waals surface area (Å²) in [7, 11) is 0. The Morgan fingerprint density at radius 3 is 3.12 bits per heavy atom. The van der Waals surface area contributed by atoms with Crippen molar-refractivity contribution < 1.29 is 9.18 Å². The lowest BCUT2D eigenvalue weighted by Crippen LogP contribution is -2.42. The summed E-state index contributed by atoms with van der Waals surface area (Å²) in [4.78, 5) is 11.5. The highest BCUT2D eigenvalue weighted by Crippen LogP contribution is 2.03. The predicted molar refractivity (Wildman–Crippen MR) is 63.0 cm³/mol. The van der Waals surface area contributed by atoms with Gasteiger partial charge in [0.25, 0.3) is 0 Å². The van der Waals surface area contributed by atoms with Crippen LogP contribution >= 0.6 is 0 Å². The lowest BCUT2D eigenvalue weighted by molar-refractivity contribution is 0.237. The molecule has 17 heavy (non-hydrogen) atoms. The smallest absolute Gasteiger partial charge is 0.315 e. The zero-order chi connectivity index (χ0) is 12.1. The summed E-state index contributed by atoms with van der Waals surface area (Å²) in [5.41, 5.74) is 0.754. The highest BCUT2D eigenvalue weighted by Gasteiger charge is 2.15. The summed E-state index contributed by atoms with van der Waals surface area (Å²) >= 11 is 0. The molecule has 0 bridgehead atoms. The maximum Gasteiger partial charge on any atom is 0.315 e. The molecular formula is C12H16FN3O. The summed E-state index contributed by atoms with van der Waals surface area (Å²) in [6.07, 6.45) is 0.952. The number of hydrogen-bond donors (Lipinski definition) is 3. The van der Waals surface area contributed by atoms with Crippen molar-refractivity contribution in [2.75, 3.05) is 13.1 Å². The molecule has 4 nitrogen and oxygen atoms in total. The van der Waals surface area contributed by atoms with Gasteiger partial charge in [0, 0.05) is 19.1 Å². The molecule has 1 aliphatic heterocycles. The monoisotopic (exact) mass is 237 g/mol. The van der Waals surface area contributed by atoms with Crippen LogP contribution in [0.15, 0.2) is 24.3 Å². The SMILES string of the molecule is O=C(NCc1cccc(F)c1)NC1CCNC1. The lowest BCUT2D eigenvalue weighted by Gasteiger charge is -2.12. The second-order valence-corrected chi connectivity index (χ2v) is 4.15. The van der Waals surface area contributed by atoms with Crippen LogP contribution in [0.25, 0.3) is 0 Å². The van der Waals surface area contributed by atoms with E-state index in [0.717, 1.165) is 25.1 Å². The Labute approximate surface area is 99.6 Å². The number of hydrogen-bond acceptors (Lipinski definition) is 2. The van der Waals surface area contributed by atoms with Gasteiger partial charge >= 0.3 is 6.03 Å². The second-order valence-electron chi connectivity index (χ2n) is 4.15. The molecule has 1 saturated heterocycles. The van der Waals surface area contributed by atoms with E-state index in [1.54, 1.807) is 12.1 Å². The van der Waals surface area contributed by atoms with Crippen molar-refractivity contribution in [3.8, 4) is 0 Å². The molecule has 5 heteroatoms. The van der Waals surface area contributed by atoms with Crippen LogP contribution < -0.4 is 16.0 Å². The predicted octanol–water partition coefficient (Wildman–Crippen LogP) is 0.987. The van der Waals surface area contributed by atoms with E-state index in [4.69, 9.17) is 0 Å². The van der Waals surface area contributed by atoms with Gasteiger partial charge < -0.3 is 16.0 Å². The molecule has 0 saturated carbocycles. The normalized spacial score (nSPS) is 19.0. The van der Waals surface area contributed by atoms with Crippen molar-refractivity contribution in [2.24, 2.45) is 0 Å². The van der Waals surface area contributed by atoms with Crippen molar-refractivity contribution in [3.63, 3.8) is 0 Å². The van der Waals surface area contributed by atoms with Crippen LogP contribution in [0.2, 0.25) is 0 Å². The fraction of sp³-hybridized carbons (Fsp3) is 0.417. The summed E-state index contributed by atoms with van der Waals surface area (Å²) in [6, 6.07) is 6.20. The van der Waals surface area contributed by atoms with Crippen molar-refractivity contribution in [1.29, 1.82) is 0 Å². The van der Waals surface area contributed by atoms with Gasteiger partial charge in [-0.15, -0.1) is 0 Å². The second kappa shape index (κ2) is 5.63. The van der Waals surface area contributed by atoms with E-state index in [1.807, 2.05) is 0 Å². The van der Waals surface area contributed by atoms with Crippen LogP contribution in [0.5, 0.6) is 0 Å². The standard InChI is InChI=1S/C12H16FN3O/c13-10-3-1-2-9(6-10)7-15-12(17)16-11-4-5-14-8-11/h1-3,6,11,14H,4-5,7-8H2,(H2,15,16,17). The van der Waals surface area contributed by atoms with Crippen molar-refractivity contribution in [1.82, 2.24) is 16.0 Å². The zero-order valence-electron chi connectivity index (χ0n) is 9.50. The van der Waals surface area contributed by atoms with Crippen molar-refractivity contribution in [3.05, 3.63) is 35.6 Å². The van der Waals surface area contributed by atoms with E-state index < -0.39 is 0 Å². The maximum absolute atomic E-state index is 12.9. The Morgan fingerprint density at radius 1 is 1.53 bits per heavy atom. The van der Waals surface area contributed by atoms with E-state index in [2.05, 4.69) is 16.0 Å². The molecular weight excluding hydrogens is 221 g/mol. The van der Waals surface area contributed by atoms with Gasteiger partial charge in [-0.1, -0.05) is 12.1 Å². The summed E-state index contributed by atoms with van der Waals surface area (Å²) in [6.45, 7) is 2.09. The maximum atomic E-state index is 12.9. The molecule has 1 heterocycles. The topological polar surface area (TPSA) is 53.2 Å². The van der Waals surface area contributed by atoms with E-state index >= 15 is 0 Å². The average molecular weight is 237 g/mol. The van der Waals surface area contributed by atoms with Gasteiger partial charge in [-0.2, -0.15) is 0 Å². The molecule has 2 amide bonds. The number of carbonyl (C=O) groups excluding carboxylic acids is 1. The molecule has 0 radical (unpaired) electrons. The molecule has 1 unspecified atom stereocenters. The van der Waals surface area contributed by atoms with Gasteiger partial charge in [-0.25, -0.2) is 9.18 Å². The molecule has 1 atom stereocenters. The Balaban J connectivity index is 1.75. The average Bonchev–Trinajstić information content (AvgIpc) is 2.79. The zero-order valence-corrected chi connectivity index (χ0v) is 9.50. The highest BCUT2D eigenvalue weighted by molar-refractivity contribution is 5.74. The summed E-state index contributed by atoms with van der Waals surface area (Å²) in [5, 5.41) is 8.73. The van der Waals surface area contributed by atoms with Crippen LogP contribution in [0.4, 0.5) is 9.18 Å². The molecule has 0 aliphatic carbocycles. The first-order chi connectivity index (χ1) is 8.24. The molecule has 1 aromatic carbocycles. The lowest BCUT2D eigenvalue weighted by atomic mass is 10.2. The third-order valence-corrected chi connectivity index (χ3v) is 2.74. The van der Waals surface area contributed by atoms with E-state index in [0.29, 0.717) is 6.54 Å². The van der Waals surface area contributed by atoms with Gasteiger partial charge in [-0.3, -0.25) is 0 Å². The van der Waals surface area contributed by atoms with Gasteiger partial charge in [0.15, 0.2) is 0 Å². The molecule has 1 fully saturated rings. The minimum Gasteiger partial charge on any atom is -0.334 e. The minimum atomic E-state index is -0.287. The quantitative estimate of drug-likeness (QED) is 0.734. The molecule has 2 rings (SSSR count). The Bertz CT molecular complexity index is 391. The van der Waals surface area contributed by atoms with Crippen LogP contribution in [-0.4, -0.2) is 25.2 Å². The first kappa shape index (κ1) is 11.9. The van der Waals surface area contributed by atoms with E-state index in [9.17, 15) is 9.18 Å². The number of halogens is 1. The number of urea groups is 1. The third kappa shape index (κ3) is 3.71. The van der Waals surface area contributed by atoms with Crippen LogP contribution in [0, 0.1) is 5.82 Å². The number of amides is 2. The summed E-state index contributed by atoms with van der Waals surface area (Å²) in [5.74, 6) is -0.287. The van der Waals surface area contributed by atoms with Gasteiger partial charge in [0.1, 0.15) is 5.82 Å². The van der Waals surface area contributed by atoms with Gasteiger partial charge in [-0.05, 0) is 30.7 Å².